The Bertz CT molecular complexity index is 2780. The number of aliphatic hydroxyl groups is 1. The van der Waals surface area contributed by atoms with Gasteiger partial charge < -0.3 is 19.3 Å². The van der Waals surface area contributed by atoms with E-state index >= 15 is 0 Å². The van der Waals surface area contributed by atoms with Gasteiger partial charge in [-0.05, 0) is 64.7 Å². The van der Waals surface area contributed by atoms with Crippen LogP contribution in [0, 0.1) is 5.82 Å². The maximum absolute atomic E-state index is 13.9. The van der Waals surface area contributed by atoms with Crippen molar-refractivity contribution in [2.45, 2.75) is 50.0 Å². The first-order valence-corrected chi connectivity index (χ1v) is 20.1. The summed E-state index contributed by atoms with van der Waals surface area (Å²) in [6.07, 6.45) is 0.263. The standard InChI is InChI=1S/C43H38FN5O6S/c1-2-43(52)36-23-38-40-34(25-49(38)41(50)35(36)26-55-42(43)51)33(32-9-5-6-10-37(32)45-40)24-47-17-19-48(20-18-47)39(21-27-11-14-30(44)15-12-27)46-56(53,54)31-16-13-28-7-3-4-8-29(28)22-31/h3-16,22-23,52H,2,17-21,24-26H2,1H3/t43-/m0/s1. The molecule has 6 aromatic rings. The molecule has 9 rings (SSSR count). The van der Waals surface area contributed by atoms with Crippen molar-refractivity contribution >= 4 is 43.5 Å². The molecule has 0 aliphatic carbocycles. The summed E-state index contributed by atoms with van der Waals surface area (Å²) in [6, 6.07) is 28.1. The van der Waals surface area contributed by atoms with Crippen LogP contribution in [-0.2, 0) is 51.3 Å². The first-order chi connectivity index (χ1) is 27.0. The molecule has 3 aliphatic rings. The van der Waals surface area contributed by atoms with E-state index in [1.165, 1.54) is 12.1 Å². The molecular weight excluding hydrogens is 734 g/mol. The summed E-state index contributed by atoms with van der Waals surface area (Å²) in [6.45, 7) is 4.48. The van der Waals surface area contributed by atoms with E-state index in [0.717, 1.165) is 38.4 Å². The molecular formula is C43H38FN5O6S. The molecule has 2 aromatic heterocycles. The second-order valence-corrected chi connectivity index (χ2v) is 16.2. The number of aromatic nitrogens is 2. The zero-order valence-corrected chi connectivity index (χ0v) is 31.4. The lowest BCUT2D eigenvalue weighted by Gasteiger charge is -2.37. The Labute approximate surface area is 322 Å². The molecule has 284 valence electrons. The molecule has 0 saturated carbocycles. The minimum atomic E-state index is -4.09. The largest absolute Gasteiger partial charge is 0.458 e. The number of rotatable bonds is 7. The smallest absolute Gasteiger partial charge is 0.343 e. The lowest BCUT2D eigenvalue weighted by Crippen LogP contribution is -2.49. The number of fused-ring (bicyclic) bond motifs is 6. The number of benzene rings is 4. The fraction of sp³-hybridized carbons (Fsp3) is 0.256. The van der Waals surface area contributed by atoms with Crippen LogP contribution in [0.25, 0.3) is 33.1 Å². The van der Waals surface area contributed by atoms with Crippen LogP contribution in [0.3, 0.4) is 0 Å². The van der Waals surface area contributed by atoms with Gasteiger partial charge in [0.15, 0.2) is 5.60 Å². The molecule has 0 bridgehead atoms. The van der Waals surface area contributed by atoms with Crippen molar-refractivity contribution in [1.29, 1.82) is 0 Å². The van der Waals surface area contributed by atoms with Crippen LogP contribution in [0.5, 0.6) is 0 Å². The molecule has 1 N–H and O–H groups in total. The summed E-state index contributed by atoms with van der Waals surface area (Å²) < 4.78 is 52.8. The molecule has 1 atom stereocenters. The number of cyclic esters (lactones) is 1. The minimum Gasteiger partial charge on any atom is -0.458 e. The number of hydrogen-bond acceptors (Lipinski definition) is 8. The molecule has 4 aromatic carbocycles. The van der Waals surface area contributed by atoms with Crippen LogP contribution in [0.15, 0.2) is 111 Å². The topological polar surface area (TPSA) is 134 Å². The van der Waals surface area contributed by atoms with Gasteiger partial charge in [-0.1, -0.05) is 67.6 Å². The lowest BCUT2D eigenvalue weighted by molar-refractivity contribution is -0.172. The Hall–Kier alpha value is -5.76. The first kappa shape index (κ1) is 35.9. The van der Waals surface area contributed by atoms with Gasteiger partial charge in [0.25, 0.3) is 15.6 Å². The third-order valence-corrected chi connectivity index (χ3v) is 12.7. The van der Waals surface area contributed by atoms with Crippen LogP contribution >= 0.6 is 0 Å². The van der Waals surface area contributed by atoms with Gasteiger partial charge in [0.05, 0.1) is 33.9 Å². The molecule has 0 radical (unpaired) electrons. The van der Waals surface area contributed by atoms with Gasteiger partial charge in [0, 0.05) is 55.7 Å². The zero-order valence-electron chi connectivity index (χ0n) is 30.6. The minimum absolute atomic E-state index is 0.0582. The zero-order chi connectivity index (χ0) is 38.8. The third kappa shape index (κ3) is 6.16. The predicted molar refractivity (Wildman–Crippen MR) is 210 cm³/mol. The Kier molecular flexibility index (Phi) is 8.83. The molecule has 0 unspecified atom stereocenters. The molecule has 3 aliphatic heterocycles. The van der Waals surface area contributed by atoms with Crippen LogP contribution in [0.2, 0.25) is 0 Å². The Morgan fingerprint density at radius 1 is 0.911 bits per heavy atom. The average Bonchev–Trinajstić information content (AvgIpc) is 3.58. The van der Waals surface area contributed by atoms with Crippen molar-refractivity contribution in [2.24, 2.45) is 4.40 Å². The maximum atomic E-state index is 13.9. The second-order valence-electron chi connectivity index (χ2n) is 14.6. The molecule has 0 amide bonds. The van der Waals surface area contributed by atoms with Crippen LogP contribution in [-0.4, -0.2) is 70.9 Å². The maximum Gasteiger partial charge on any atom is 0.343 e. The van der Waals surface area contributed by atoms with Crippen molar-refractivity contribution in [3.05, 3.63) is 141 Å². The van der Waals surface area contributed by atoms with Gasteiger partial charge in [-0.3, -0.25) is 9.69 Å². The summed E-state index contributed by atoms with van der Waals surface area (Å²) in [5, 5.41) is 14.0. The number of sulfonamides is 1. The van der Waals surface area contributed by atoms with Gasteiger partial charge in [-0.25, -0.2) is 14.2 Å². The van der Waals surface area contributed by atoms with E-state index in [4.69, 9.17) is 9.72 Å². The number of para-hydroxylation sites is 1. The number of carbonyl (C=O) groups excluding carboxylic acids is 1. The fourth-order valence-corrected chi connectivity index (χ4v) is 9.27. The van der Waals surface area contributed by atoms with Gasteiger partial charge in [-0.2, -0.15) is 8.42 Å². The second kappa shape index (κ2) is 13.8. The van der Waals surface area contributed by atoms with Crippen molar-refractivity contribution in [3.8, 4) is 11.4 Å². The Morgan fingerprint density at radius 3 is 2.41 bits per heavy atom. The number of carbonyl (C=O) groups is 1. The molecule has 11 nitrogen and oxygen atoms in total. The van der Waals surface area contributed by atoms with E-state index < -0.39 is 21.6 Å². The van der Waals surface area contributed by atoms with E-state index in [1.807, 2.05) is 53.4 Å². The number of hydrogen-bond donors (Lipinski definition) is 1. The van der Waals surface area contributed by atoms with Crippen LogP contribution < -0.4 is 5.56 Å². The van der Waals surface area contributed by atoms with E-state index in [0.29, 0.717) is 49.9 Å². The van der Waals surface area contributed by atoms with Crippen molar-refractivity contribution in [2.75, 3.05) is 26.2 Å². The van der Waals surface area contributed by atoms with Crippen molar-refractivity contribution < 1.29 is 27.4 Å². The van der Waals surface area contributed by atoms with Crippen molar-refractivity contribution in [1.82, 2.24) is 19.4 Å². The normalized spacial score (nSPS) is 18.5. The van der Waals surface area contributed by atoms with E-state index in [1.54, 1.807) is 47.9 Å². The number of ether oxygens (including phenoxy) is 1. The summed E-state index contributed by atoms with van der Waals surface area (Å²) >= 11 is 0. The molecule has 5 heterocycles. The van der Waals surface area contributed by atoms with E-state index in [2.05, 4.69) is 9.30 Å². The monoisotopic (exact) mass is 771 g/mol. The average molecular weight is 772 g/mol. The molecule has 56 heavy (non-hydrogen) atoms. The SMILES string of the molecule is CC[C@@]1(O)C(=O)OCc2c1cc1n(c2=O)Cc2c-1nc1ccccc1c2CN1CCN(C(Cc2ccc(F)cc2)=NS(=O)(=O)c2ccc3ccccc3c2)CC1. The van der Waals surface area contributed by atoms with Gasteiger partial charge in [-0.15, -0.1) is 4.40 Å². The predicted octanol–water partition coefficient (Wildman–Crippen LogP) is 5.52. The number of halogens is 1. The number of piperazine rings is 1. The highest BCUT2D eigenvalue weighted by Crippen LogP contribution is 2.40. The first-order valence-electron chi connectivity index (χ1n) is 18.6. The molecule has 1 fully saturated rings. The van der Waals surface area contributed by atoms with Gasteiger partial charge in [0.2, 0.25) is 0 Å². The van der Waals surface area contributed by atoms with Crippen molar-refractivity contribution in [3.63, 3.8) is 0 Å². The third-order valence-electron chi connectivity index (χ3n) is 11.4. The van der Waals surface area contributed by atoms with Gasteiger partial charge in [0.1, 0.15) is 18.3 Å². The fourth-order valence-electron chi connectivity index (χ4n) is 8.19. The van der Waals surface area contributed by atoms with E-state index in [9.17, 15) is 27.5 Å². The summed E-state index contributed by atoms with van der Waals surface area (Å²) in [7, 11) is -4.09. The number of pyridine rings is 2. The van der Waals surface area contributed by atoms with E-state index in [-0.39, 0.29) is 53.4 Å². The highest BCUT2D eigenvalue weighted by Gasteiger charge is 2.45. The number of esters is 1. The van der Waals surface area contributed by atoms with Crippen LogP contribution in [0.4, 0.5) is 4.39 Å². The number of amidine groups is 1. The quantitative estimate of drug-likeness (QED) is 0.126. The summed E-state index contributed by atoms with van der Waals surface area (Å²) in [4.78, 5) is 36.0. The molecule has 13 heteroatoms. The Morgan fingerprint density at radius 2 is 1.64 bits per heavy atom. The number of nitrogens with zero attached hydrogens (tertiary/aromatic N) is 5. The molecule has 1 saturated heterocycles. The molecule has 0 spiro atoms. The van der Waals surface area contributed by atoms with Gasteiger partial charge >= 0.3 is 5.97 Å². The summed E-state index contributed by atoms with van der Waals surface area (Å²) in [5.74, 6) is -0.759. The Balaban J connectivity index is 1.03. The lowest BCUT2D eigenvalue weighted by atomic mass is 9.86. The highest BCUT2D eigenvalue weighted by atomic mass is 32.2. The highest BCUT2D eigenvalue weighted by molar-refractivity contribution is 7.90. The summed E-state index contributed by atoms with van der Waals surface area (Å²) in [5.41, 5.74) is 2.93. The van der Waals surface area contributed by atoms with Crippen LogP contribution in [0.1, 0.15) is 41.2 Å².